The van der Waals surface area contributed by atoms with Crippen LogP contribution in [-0.4, -0.2) is 18.6 Å². The Morgan fingerprint density at radius 1 is 1.57 bits per heavy atom. The predicted molar refractivity (Wildman–Crippen MR) is 56.5 cm³/mol. The Kier molecular flexibility index (Phi) is 2.57. The van der Waals surface area contributed by atoms with Crippen LogP contribution in [0.1, 0.15) is 13.3 Å². The second kappa shape index (κ2) is 3.86. The minimum atomic E-state index is 0.666. The van der Waals surface area contributed by atoms with E-state index in [1.165, 1.54) is 6.42 Å². The highest BCUT2D eigenvalue weighted by Crippen LogP contribution is 2.37. The Morgan fingerprint density at radius 2 is 2.36 bits per heavy atom. The van der Waals surface area contributed by atoms with Gasteiger partial charge in [0.25, 0.3) is 0 Å². The lowest BCUT2D eigenvalue weighted by Crippen LogP contribution is -2.06. The summed E-state index contributed by atoms with van der Waals surface area (Å²) in [6.07, 6.45) is 1.34. The molecular formula is C11H16N2O. The molecule has 1 N–H and O–H groups in total. The number of hydrogen-bond acceptors (Lipinski definition) is 3. The van der Waals surface area contributed by atoms with Crippen LogP contribution in [0.15, 0.2) is 18.2 Å². The number of methoxy groups -OCH3 is 1. The normalized spacial score (nSPS) is 24.4. The maximum Gasteiger partial charge on any atom is 0.214 e. The van der Waals surface area contributed by atoms with Crippen LogP contribution in [0, 0.1) is 11.8 Å². The standard InChI is InChI=1S/C11H16N2O/c1-8-6-9(8)7-12-10-4-3-5-11(13-10)14-2/h3-5,8-9H,6-7H2,1-2H3,(H,12,13). The molecule has 0 aliphatic heterocycles. The van der Waals surface area contributed by atoms with E-state index in [2.05, 4.69) is 17.2 Å². The molecule has 3 heteroatoms. The van der Waals surface area contributed by atoms with Crippen LogP contribution in [0.3, 0.4) is 0 Å². The molecule has 1 aliphatic carbocycles. The quantitative estimate of drug-likeness (QED) is 0.793. The van der Waals surface area contributed by atoms with Gasteiger partial charge in [0.05, 0.1) is 7.11 Å². The second-order valence-electron chi connectivity index (χ2n) is 3.92. The van der Waals surface area contributed by atoms with Gasteiger partial charge in [-0.25, -0.2) is 0 Å². The molecule has 2 rings (SSSR count). The maximum atomic E-state index is 5.05. The highest BCUT2D eigenvalue weighted by Gasteiger charge is 2.31. The first-order chi connectivity index (χ1) is 6.79. The predicted octanol–water partition coefficient (Wildman–Crippen LogP) is 2.16. The highest BCUT2D eigenvalue weighted by molar-refractivity contribution is 5.37. The zero-order valence-corrected chi connectivity index (χ0v) is 8.66. The summed E-state index contributed by atoms with van der Waals surface area (Å²) in [5, 5.41) is 3.32. The summed E-state index contributed by atoms with van der Waals surface area (Å²) in [5.41, 5.74) is 0. The summed E-state index contributed by atoms with van der Waals surface area (Å²) >= 11 is 0. The molecule has 1 fully saturated rings. The molecule has 0 saturated heterocycles. The zero-order chi connectivity index (χ0) is 9.97. The number of anilines is 1. The van der Waals surface area contributed by atoms with Crippen molar-refractivity contribution < 1.29 is 4.74 Å². The molecular weight excluding hydrogens is 176 g/mol. The minimum absolute atomic E-state index is 0.666. The Bertz CT molecular complexity index is 314. The molecule has 0 amide bonds. The van der Waals surface area contributed by atoms with Crippen LogP contribution in [0.2, 0.25) is 0 Å². The van der Waals surface area contributed by atoms with E-state index in [0.717, 1.165) is 24.2 Å². The zero-order valence-electron chi connectivity index (χ0n) is 8.66. The number of rotatable bonds is 4. The fraction of sp³-hybridized carbons (Fsp3) is 0.545. The van der Waals surface area contributed by atoms with Crippen LogP contribution >= 0.6 is 0 Å². The molecule has 3 nitrogen and oxygen atoms in total. The Hall–Kier alpha value is -1.25. The van der Waals surface area contributed by atoms with E-state index < -0.39 is 0 Å². The van der Waals surface area contributed by atoms with Crippen molar-refractivity contribution in [3.8, 4) is 5.88 Å². The van der Waals surface area contributed by atoms with Crippen LogP contribution in [0.5, 0.6) is 5.88 Å². The van der Waals surface area contributed by atoms with Gasteiger partial charge in [0.1, 0.15) is 5.82 Å². The number of pyridine rings is 1. The van der Waals surface area contributed by atoms with E-state index in [1.807, 2.05) is 18.2 Å². The average Bonchev–Trinajstić information content (AvgIpc) is 2.92. The molecule has 76 valence electrons. The van der Waals surface area contributed by atoms with Gasteiger partial charge >= 0.3 is 0 Å². The largest absolute Gasteiger partial charge is 0.481 e. The van der Waals surface area contributed by atoms with Crippen molar-refractivity contribution in [3.05, 3.63) is 18.2 Å². The molecule has 14 heavy (non-hydrogen) atoms. The van der Waals surface area contributed by atoms with Gasteiger partial charge < -0.3 is 10.1 Å². The molecule has 2 unspecified atom stereocenters. The number of ether oxygens (including phenoxy) is 1. The summed E-state index contributed by atoms with van der Waals surface area (Å²) in [5.74, 6) is 3.29. The highest BCUT2D eigenvalue weighted by atomic mass is 16.5. The van der Waals surface area contributed by atoms with Gasteiger partial charge in [-0.05, 0) is 24.3 Å². The molecule has 2 atom stereocenters. The summed E-state index contributed by atoms with van der Waals surface area (Å²) in [6.45, 7) is 3.31. The number of aromatic nitrogens is 1. The van der Waals surface area contributed by atoms with Crippen molar-refractivity contribution in [2.45, 2.75) is 13.3 Å². The first-order valence-corrected chi connectivity index (χ1v) is 5.04. The lowest BCUT2D eigenvalue weighted by Gasteiger charge is -2.05. The van der Waals surface area contributed by atoms with Gasteiger partial charge in [-0.2, -0.15) is 4.98 Å². The lowest BCUT2D eigenvalue weighted by atomic mass is 10.3. The number of nitrogens with zero attached hydrogens (tertiary/aromatic N) is 1. The van der Waals surface area contributed by atoms with Gasteiger partial charge in [0.2, 0.25) is 5.88 Å². The van der Waals surface area contributed by atoms with Gasteiger partial charge in [-0.3, -0.25) is 0 Å². The fourth-order valence-electron chi connectivity index (χ4n) is 1.55. The van der Waals surface area contributed by atoms with E-state index in [0.29, 0.717) is 5.88 Å². The van der Waals surface area contributed by atoms with Crippen molar-refractivity contribution in [1.29, 1.82) is 0 Å². The molecule has 1 aromatic heterocycles. The summed E-state index contributed by atoms with van der Waals surface area (Å²) < 4.78 is 5.05. The van der Waals surface area contributed by atoms with Crippen molar-refractivity contribution >= 4 is 5.82 Å². The minimum Gasteiger partial charge on any atom is -0.481 e. The lowest BCUT2D eigenvalue weighted by molar-refractivity contribution is 0.398. The average molecular weight is 192 g/mol. The van der Waals surface area contributed by atoms with Gasteiger partial charge in [-0.1, -0.05) is 13.0 Å². The van der Waals surface area contributed by atoms with Crippen LogP contribution < -0.4 is 10.1 Å². The van der Waals surface area contributed by atoms with Gasteiger partial charge in [-0.15, -0.1) is 0 Å². The molecule has 0 radical (unpaired) electrons. The maximum absolute atomic E-state index is 5.05. The Labute approximate surface area is 84.5 Å². The first kappa shape index (κ1) is 9.31. The molecule has 0 aromatic carbocycles. The van der Waals surface area contributed by atoms with E-state index in [-0.39, 0.29) is 0 Å². The van der Waals surface area contributed by atoms with Crippen molar-refractivity contribution in [2.75, 3.05) is 19.0 Å². The van der Waals surface area contributed by atoms with Gasteiger partial charge in [0.15, 0.2) is 0 Å². The second-order valence-corrected chi connectivity index (χ2v) is 3.92. The summed E-state index contributed by atoms with van der Waals surface area (Å²) in [6, 6.07) is 5.77. The molecule has 1 aromatic rings. The van der Waals surface area contributed by atoms with Crippen molar-refractivity contribution in [3.63, 3.8) is 0 Å². The molecule has 0 spiro atoms. The monoisotopic (exact) mass is 192 g/mol. The number of nitrogens with one attached hydrogen (secondary N) is 1. The van der Waals surface area contributed by atoms with Crippen LogP contribution in [0.4, 0.5) is 5.82 Å². The Morgan fingerprint density at radius 3 is 3.00 bits per heavy atom. The summed E-state index contributed by atoms with van der Waals surface area (Å²) in [7, 11) is 1.63. The molecule has 1 saturated carbocycles. The van der Waals surface area contributed by atoms with Gasteiger partial charge in [0, 0.05) is 12.6 Å². The first-order valence-electron chi connectivity index (χ1n) is 5.04. The Balaban J connectivity index is 1.88. The third-order valence-corrected chi connectivity index (χ3v) is 2.75. The topological polar surface area (TPSA) is 34.1 Å². The molecule has 1 aliphatic rings. The third kappa shape index (κ3) is 2.16. The van der Waals surface area contributed by atoms with Crippen molar-refractivity contribution in [1.82, 2.24) is 4.98 Å². The summed E-state index contributed by atoms with van der Waals surface area (Å²) in [4.78, 5) is 4.28. The fourth-order valence-corrected chi connectivity index (χ4v) is 1.55. The number of hydrogen-bond donors (Lipinski definition) is 1. The molecule has 1 heterocycles. The van der Waals surface area contributed by atoms with E-state index in [4.69, 9.17) is 4.74 Å². The molecule has 0 bridgehead atoms. The third-order valence-electron chi connectivity index (χ3n) is 2.75. The van der Waals surface area contributed by atoms with Crippen LogP contribution in [0.25, 0.3) is 0 Å². The van der Waals surface area contributed by atoms with E-state index in [1.54, 1.807) is 7.11 Å². The van der Waals surface area contributed by atoms with Crippen LogP contribution in [-0.2, 0) is 0 Å². The van der Waals surface area contributed by atoms with E-state index in [9.17, 15) is 0 Å². The van der Waals surface area contributed by atoms with Crippen molar-refractivity contribution in [2.24, 2.45) is 11.8 Å². The van der Waals surface area contributed by atoms with E-state index >= 15 is 0 Å². The SMILES string of the molecule is COc1cccc(NCC2CC2C)n1. The smallest absolute Gasteiger partial charge is 0.214 e.